The number of aromatic nitrogens is 2. The number of hydrogen-bond donors (Lipinski definition) is 2. The summed E-state index contributed by atoms with van der Waals surface area (Å²) in [4.78, 5) is 20.7. The number of hydrogen-bond acceptors (Lipinski definition) is 5. The van der Waals surface area contributed by atoms with Crippen molar-refractivity contribution in [2.75, 3.05) is 11.9 Å². The highest BCUT2D eigenvalue weighted by molar-refractivity contribution is 6.02. The monoisotopic (exact) mass is 442 g/mol. The van der Waals surface area contributed by atoms with Crippen LogP contribution in [0, 0.1) is 5.82 Å². The number of amides is 2. The second-order valence-electron chi connectivity index (χ2n) is 6.67. The Morgan fingerprint density at radius 3 is 2.72 bits per heavy atom. The Morgan fingerprint density at radius 2 is 1.94 bits per heavy atom. The average Bonchev–Trinajstić information content (AvgIpc) is 3.24. The predicted molar refractivity (Wildman–Crippen MR) is 111 cm³/mol. The van der Waals surface area contributed by atoms with Crippen LogP contribution in [-0.2, 0) is 6.42 Å². The Hall–Kier alpha value is -4.08. The van der Waals surface area contributed by atoms with Gasteiger partial charge in [-0.1, -0.05) is 0 Å². The van der Waals surface area contributed by atoms with Crippen molar-refractivity contribution in [2.24, 2.45) is 0 Å². The minimum absolute atomic E-state index is 0.0791. The standard InChI is InChI=1S/C22H17F3N4O3/c23-14-5-3-13(4-6-14)20-28-15(12-31-20)9-11-27-22(30)29-17-7-8-18(32-21(24)25)19-16(17)2-1-10-26-19/h1-8,10,12,21H,9,11H2,(H2,27,29,30). The van der Waals surface area contributed by atoms with E-state index < -0.39 is 12.6 Å². The van der Waals surface area contributed by atoms with Gasteiger partial charge in [-0.3, -0.25) is 4.98 Å². The van der Waals surface area contributed by atoms with Crippen LogP contribution in [0.5, 0.6) is 5.75 Å². The van der Waals surface area contributed by atoms with Crippen LogP contribution in [0.15, 0.2) is 65.4 Å². The van der Waals surface area contributed by atoms with Crippen molar-refractivity contribution in [3.63, 3.8) is 0 Å². The molecule has 0 unspecified atom stereocenters. The van der Waals surface area contributed by atoms with Crippen molar-refractivity contribution in [1.29, 1.82) is 0 Å². The molecule has 4 aromatic rings. The van der Waals surface area contributed by atoms with Crippen LogP contribution in [0.25, 0.3) is 22.4 Å². The van der Waals surface area contributed by atoms with Gasteiger partial charge in [0.05, 0.1) is 11.4 Å². The fourth-order valence-corrected chi connectivity index (χ4v) is 3.06. The third-order valence-corrected chi connectivity index (χ3v) is 4.51. The van der Waals surface area contributed by atoms with E-state index in [1.807, 2.05) is 0 Å². The van der Waals surface area contributed by atoms with E-state index in [1.54, 1.807) is 24.3 Å². The largest absolute Gasteiger partial charge is 0.444 e. The first-order valence-corrected chi connectivity index (χ1v) is 9.57. The number of nitrogens with one attached hydrogen (secondary N) is 2. The first-order chi connectivity index (χ1) is 15.5. The molecule has 0 bridgehead atoms. The highest BCUT2D eigenvalue weighted by Gasteiger charge is 2.14. The van der Waals surface area contributed by atoms with E-state index >= 15 is 0 Å². The van der Waals surface area contributed by atoms with Gasteiger partial charge in [-0.15, -0.1) is 0 Å². The smallest absolute Gasteiger partial charge is 0.387 e. The zero-order chi connectivity index (χ0) is 22.5. The summed E-state index contributed by atoms with van der Waals surface area (Å²) in [6, 6.07) is 11.3. The van der Waals surface area contributed by atoms with Crippen LogP contribution in [0.1, 0.15) is 5.69 Å². The summed E-state index contributed by atoms with van der Waals surface area (Å²) in [7, 11) is 0. The van der Waals surface area contributed by atoms with E-state index in [2.05, 4.69) is 25.3 Å². The van der Waals surface area contributed by atoms with Gasteiger partial charge < -0.3 is 19.8 Å². The van der Waals surface area contributed by atoms with Gasteiger partial charge in [0.2, 0.25) is 5.89 Å². The van der Waals surface area contributed by atoms with Gasteiger partial charge in [0.1, 0.15) is 17.6 Å². The molecular formula is C22H17F3N4O3. The minimum Gasteiger partial charge on any atom is -0.444 e. The van der Waals surface area contributed by atoms with E-state index in [1.165, 1.54) is 36.7 Å². The lowest BCUT2D eigenvalue weighted by atomic mass is 10.1. The highest BCUT2D eigenvalue weighted by atomic mass is 19.3. The van der Waals surface area contributed by atoms with E-state index in [-0.39, 0.29) is 23.6 Å². The lowest BCUT2D eigenvalue weighted by Crippen LogP contribution is -2.30. The van der Waals surface area contributed by atoms with Crippen LogP contribution in [0.4, 0.5) is 23.7 Å². The molecule has 0 spiro atoms. The molecule has 0 atom stereocenters. The van der Waals surface area contributed by atoms with Gasteiger partial charge in [0.25, 0.3) is 0 Å². The molecule has 0 saturated heterocycles. The molecule has 2 amide bonds. The third-order valence-electron chi connectivity index (χ3n) is 4.51. The van der Waals surface area contributed by atoms with Crippen LogP contribution >= 0.6 is 0 Å². The third kappa shape index (κ3) is 4.97. The summed E-state index contributed by atoms with van der Waals surface area (Å²) in [5.74, 6) is -0.0745. The molecule has 32 heavy (non-hydrogen) atoms. The zero-order valence-electron chi connectivity index (χ0n) is 16.5. The maximum atomic E-state index is 13.0. The number of nitrogens with zero attached hydrogens (tertiary/aromatic N) is 2. The maximum Gasteiger partial charge on any atom is 0.387 e. The Balaban J connectivity index is 1.36. The number of benzene rings is 2. The Kier molecular flexibility index (Phi) is 6.20. The molecule has 7 nitrogen and oxygen atoms in total. The fourth-order valence-electron chi connectivity index (χ4n) is 3.06. The summed E-state index contributed by atoms with van der Waals surface area (Å²) in [5, 5.41) is 5.83. The molecule has 4 rings (SSSR count). The van der Waals surface area contributed by atoms with Gasteiger partial charge in [0.15, 0.2) is 5.75 Å². The Morgan fingerprint density at radius 1 is 1.12 bits per heavy atom. The number of pyridine rings is 1. The van der Waals surface area contributed by atoms with Crippen molar-refractivity contribution in [3.05, 3.63) is 72.5 Å². The first kappa shape index (κ1) is 21.2. The molecule has 0 aliphatic carbocycles. The molecule has 10 heteroatoms. The molecular weight excluding hydrogens is 425 g/mol. The molecule has 0 aliphatic rings. The van der Waals surface area contributed by atoms with Crippen LogP contribution < -0.4 is 15.4 Å². The predicted octanol–water partition coefficient (Wildman–Crippen LogP) is 4.99. The first-order valence-electron chi connectivity index (χ1n) is 9.57. The maximum absolute atomic E-state index is 13.0. The van der Waals surface area contributed by atoms with Crippen molar-refractivity contribution in [2.45, 2.75) is 13.0 Å². The molecule has 164 valence electrons. The number of ether oxygens (including phenoxy) is 1. The van der Waals surface area contributed by atoms with E-state index in [0.29, 0.717) is 34.6 Å². The zero-order valence-corrected chi connectivity index (χ0v) is 16.5. The fraction of sp³-hybridized carbons (Fsp3) is 0.136. The number of fused-ring (bicyclic) bond motifs is 1. The summed E-state index contributed by atoms with van der Waals surface area (Å²) in [5.41, 5.74) is 1.87. The Bertz CT molecular complexity index is 1230. The number of alkyl halides is 2. The number of anilines is 1. The summed E-state index contributed by atoms with van der Waals surface area (Å²) < 4.78 is 48.1. The molecule has 2 aromatic carbocycles. The second kappa shape index (κ2) is 9.38. The van der Waals surface area contributed by atoms with Crippen LogP contribution in [-0.4, -0.2) is 29.2 Å². The molecule has 0 saturated carbocycles. The number of oxazole rings is 1. The SMILES string of the molecule is O=C(NCCc1coc(-c2ccc(F)cc2)n1)Nc1ccc(OC(F)F)c2ncccc12. The molecule has 0 radical (unpaired) electrons. The van der Waals surface area contributed by atoms with Crippen LogP contribution in [0.2, 0.25) is 0 Å². The quantitative estimate of drug-likeness (QED) is 0.421. The molecule has 2 aromatic heterocycles. The van der Waals surface area contributed by atoms with E-state index in [9.17, 15) is 18.0 Å². The van der Waals surface area contributed by atoms with Gasteiger partial charge >= 0.3 is 12.6 Å². The van der Waals surface area contributed by atoms with E-state index in [4.69, 9.17) is 4.42 Å². The molecule has 0 aliphatic heterocycles. The number of rotatable bonds is 7. The lowest BCUT2D eigenvalue weighted by molar-refractivity contribution is -0.0489. The van der Waals surface area contributed by atoms with Crippen molar-refractivity contribution < 1.29 is 27.1 Å². The van der Waals surface area contributed by atoms with Gasteiger partial charge in [-0.05, 0) is 48.5 Å². The normalized spacial score (nSPS) is 11.0. The topological polar surface area (TPSA) is 89.3 Å². The number of urea groups is 1. The summed E-state index contributed by atoms with van der Waals surface area (Å²) in [6.45, 7) is -2.72. The molecule has 0 fully saturated rings. The van der Waals surface area contributed by atoms with Gasteiger partial charge in [-0.25, -0.2) is 14.2 Å². The number of halogens is 3. The summed E-state index contributed by atoms with van der Waals surface area (Å²) in [6.07, 6.45) is 3.32. The van der Waals surface area contributed by atoms with Crippen molar-refractivity contribution in [1.82, 2.24) is 15.3 Å². The number of carbonyl (C=O) groups is 1. The van der Waals surface area contributed by atoms with Gasteiger partial charge in [0, 0.05) is 30.1 Å². The molecule has 2 N–H and O–H groups in total. The minimum atomic E-state index is -2.98. The van der Waals surface area contributed by atoms with Crippen molar-refractivity contribution >= 4 is 22.6 Å². The second-order valence-corrected chi connectivity index (χ2v) is 6.67. The summed E-state index contributed by atoms with van der Waals surface area (Å²) >= 11 is 0. The highest BCUT2D eigenvalue weighted by Crippen LogP contribution is 2.30. The molecule has 2 heterocycles. The average molecular weight is 442 g/mol. The van der Waals surface area contributed by atoms with Crippen molar-refractivity contribution in [3.8, 4) is 17.2 Å². The Labute approximate surface area is 180 Å². The van der Waals surface area contributed by atoms with Gasteiger partial charge in [-0.2, -0.15) is 8.78 Å². The van der Waals surface area contributed by atoms with E-state index in [0.717, 1.165) is 0 Å². The lowest BCUT2D eigenvalue weighted by Gasteiger charge is -2.12. The number of carbonyl (C=O) groups excluding carboxylic acids is 1. The van der Waals surface area contributed by atoms with Crippen LogP contribution in [0.3, 0.4) is 0 Å².